The third kappa shape index (κ3) is 2.15. The lowest BCUT2D eigenvalue weighted by atomic mass is 9.47. The van der Waals surface area contributed by atoms with E-state index in [1.807, 2.05) is 0 Å². The Balaban J connectivity index is 1.99. The molecule has 1 fully saturated rings. The Morgan fingerprint density at radius 2 is 1.90 bits per heavy atom. The summed E-state index contributed by atoms with van der Waals surface area (Å²) in [4.78, 5) is 12.4. The van der Waals surface area contributed by atoms with Crippen LogP contribution < -0.4 is 0 Å². The highest BCUT2D eigenvalue weighted by atomic mass is 16.1. The van der Waals surface area contributed by atoms with Gasteiger partial charge in [0.05, 0.1) is 0 Å². The van der Waals surface area contributed by atoms with E-state index in [2.05, 4.69) is 46.8 Å². The van der Waals surface area contributed by atoms with E-state index < -0.39 is 0 Å². The SMILES string of the molecule is CC(C)C1=CC2=CCC3C(C)(C)C(=O)CCC3(C)C2CC1. The van der Waals surface area contributed by atoms with Crippen LogP contribution in [0.15, 0.2) is 23.3 Å². The Labute approximate surface area is 129 Å². The Hall–Kier alpha value is -0.850. The van der Waals surface area contributed by atoms with E-state index in [1.54, 1.807) is 11.1 Å². The molecule has 0 heterocycles. The standard InChI is InChI=1S/C20H30O/c1-13(2)14-6-8-16-15(12-14)7-9-17-19(3,4)18(21)10-11-20(16,17)5/h7,12-13,16-17H,6,8-11H2,1-5H3. The first-order chi connectivity index (χ1) is 9.76. The lowest BCUT2D eigenvalue weighted by Crippen LogP contribution is -2.52. The van der Waals surface area contributed by atoms with Gasteiger partial charge in [-0.2, -0.15) is 0 Å². The van der Waals surface area contributed by atoms with Crippen LogP contribution in [0.1, 0.15) is 66.7 Å². The number of fused-ring (bicyclic) bond motifs is 3. The topological polar surface area (TPSA) is 17.1 Å². The van der Waals surface area contributed by atoms with Gasteiger partial charge in [0.1, 0.15) is 5.78 Å². The van der Waals surface area contributed by atoms with Crippen molar-refractivity contribution in [1.29, 1.82) is 0 Å². The molecular weight excluding hydrogens is 256 g/mol. The molecule has 0 aromatic rings. The van der Waals surface area contributed by atoms with Gasteiger partial charge in [0.15, 0.2) is 0 Å². The van der Waals surface area contributed by atoms with Crippen molar-refractivity contribution in [3.63, 3.8) is 0 Å². The highest BCUT2D eigenvalue weighted by Gasteiger charge is 2.55. The average Bonchev–Trinajstić information content (AvgIpc) is 2.43. The van der Waals surface area contributed by atoms with E-state index in [-0.39, 0.29) is 5.41 Å². The van der Waals surface area contributed by atoms with Crippen LogP contribution in [0.25, 0.3) is 0 Å². The number of allylic oxidation sites excluding steroid dienone is 4. The van der Waals surface area contributed by atoms with Gasteiger partial charge in [-0.05, 0) is 54.4 Å². The van der Waals surface area contributed by atoms with Gasteiger partial charge in [-0.15, -0.1) is 0 Å². The summed E-state index contributed by atoms with van der Waals surface area (Å²) in [7, 11) is 0. The molecule has 21 heavy (non-hydrogen) atoms. The molecule has 3 unspecified atom stereocenters. The van der Waals surface area contributed by atoms with Crippen molar-refractivity contribution in [3.05, 3.63) is 23.3 Å². The summed E-state index contributed by atoms with van der Waals surface area (Å²) >= 11 is 0. The smallest absolute Gasteiger partial charge is 0.138 e. The van der Waals surface area contributed by atoms with Gasteiger partial charge in [-0.1, -0.05) is 52.3 Å². The van der Waals surface area contributed by atoms with Crippen LogP contribution in [0.3, 0.4) is 0 Å². The van der Waals surface area contributed by atoms with Crippen molar-refractivity contribution < 1.29 is 4.79 Å². The molecule has 1 nitrogen and oxygen atoms in total. The molecule has 3 aliphatic carbocycles. The molecule has 1 saturated carbocycles. The summed E-state index contributed by atoms with van der Waals surface area (Å²) in [6.07, 6.45) is 10.4. The minimum absolute atomic E-state index is 0.142. The second kappa shape index (κ2) is 4.83. The second-order valence-electron chi connectivity index (χ2n) is 8.61. The fraction of sp³-hybridized carbons (Fsp3) is 0.750. The highest BCUT2D eigenvalue weighted by Crippen LogP contribution is 2.60. The molecule has 0 aromatic carbocycles. The van der Waals surface area contributed by atoms with Crippen LogP contribution >= 0.6 is 0 Å². The van der Waals surface area contributed by atoms with E-state index in [0.717, 1.165) is 19.3 Å². The molecule has 0 saturated heterocycles. The van der Waals surface area contributed by atoms with E-state index >= 15 is 0 Å². The predicted octanol–water partition coefficient (Wildman–Crippen LogP) is 5.32. The molecule has 0 N–H and O–H groups in total. The molecule has 1 heteroatoms. The maximum Gasteiger partial charge on any atom is 0.138 e. The Kier molecular flexibility index (Phi) is 3.46. The largest absolute Gasteiger partial charge is 0.299 e. The van der Waals surface area contributed by atoms with Gasteiger partial charge in [0.2, 0.25) is 0 Å². The maximum absolute atomic E-state index is 12.4. The Morgan fingerprint density at radius 3 is 2.57 bits per heavy atom. The quantitative estimate of drug-likeness (QED) is 0.637. The monoisotopic (exact) mass is 286 g/mol. The summed E-state index contributed by atoms with van der Waals surface area (Å²) in [6.45, 7) is 11.5. The fourth-order valence-electron chi connectivity index (χ4n) is 5.36. The third-order valence-electron chi connectivity index (χ3n) is 6.88. The number of hydrogen-bond donors (Lipinski definition) is 0. The summed E-state index contributed by atoms with van der Waals surface area (Å²) in [5.74, 6) is 2.35. The number of Topliss-reactive ketones (excluding diaryl/α,β-unsaturated/α-hetero) is 1. The molecule has 0 spiro atoms. The number of ketones is 1. The van der Waals surface area contributed by atoms with Crippen LogP contribution in [0.5, 0.6) is 0 Å². The Bertz CT molecular complexity index is 520. The average molecular weight is 286 g/mol. The summed E-state index contributed by atoms with van der Waals surface area (Å²) in [5, 5.41) is 0. The van der Waals surface area contributed by atoms with Crippen molar-refractivity contribution in [2.75, 3.05) is 0 Å². The van der Waals surface area contributed by atoms with Gasteiger partial charge in [0, 0.05) is 11.8 Å². The van der Waals surface area contributed by atoms with Crippen molar-refractivity contribution in [3.8, 4) is 0 Å². The van der Waals surface area contributed by atoms with Gasteiger partial charge in [0.25, 0.3) is 0 Å². The van der Waals surface area contributed by atoms with Crippen LogP contribution in [-0.2, 0) is 4.79 Å². The number of rotatable bonds is 1. The summed E-state index contributed by atoms with van der Waals surface area (Å²) in [6, 6.07) is 0. The van der Waals surface area contributed by atoms with Crippen molar-refractivity contribution in [2.24, 2.45) is 28.6 Å². The van der Waals surface area contributed by atoms with Crippen molar-refractivity contribution in [2.45, 2.75) is 66.7 Å². The Morgan fingerprint density at radius 1 is 1.19 bits per heavy atom. The van der Waals surface area contributed by atoms with E-state index in [4.69, 9.17) is 0 Å². The van der Waals surface area contributed by atoms with E-state index in [9.17, 15) is 4.79 Å². The van der Waals surface area contributed by atoms with Crippen molar-refractivity contribution >= 4 is 5.78 Å². The number of carbonyl (C=O) groups is 1. The summed E-state index contributed by atoms with van der Waals surface area (Å²) in [5.41, 5.74) is 3.37. The molecule has 116 valence electrons. The van der Waals surface area contributed by atoms with Crippen molar-refractivity contribution in [1.82, 2.24) is 0 Å². The predicted molar refractivity (Wildman–Crippen MR) is 88.0 cm³/mol. The normalized spacial score (nSPS) is 38.5. The lowest BCUT2D eigenvalue weighted by molar-refractivity contribution is -0.143. The lowest BCUT2D eigenvalue weighted by Gasteiger charge is -2.56. The van der Waals surface area contributed by atoms with E-state index in [1.165, 1.54) is 12.8 Å². The van der Waals surface area contributed by atoms with Gasteiger partial charge < -0.3 is 0 Å². The van der Waals surface area contributed by atoms with Gasteiger partial charge >= 0.3 is 0 Å². The molecule has 3 aliphatic rings. The molecule has 0 aliphatic heterocycles. The zero-order valence-electron chi connectivity index (χ0n) is 14.3. The van der Waals surface area contributed by atoms with Crippen LogP contribution in [0.2, 0.25) is 0 Å². The van der Waals surface area contributed by atoms with Crippen LogP contribution in [0, 0.1) is 28.6 Å². The first kappa shape index (κ1) is 15.1. The van der Waals surface area contributed by atoms with Crippen LogP contribution in [-0.4, -0.2) is 5.78 Å². The summed E-state index contributed by atoms with van der Waals surface area (Å²) < 4.78 is 0. The van der Waals surface area contributed by atoms with E-state index in [0.29, 0.717) is 29.0 Å². The molecule has 3 rings (SSSR count). The number of carbonyl (C=O) groups excluding carboxylic acids is 1. The number of hydrogen-bond acceptors (Lipinski definition) is 1. The van der Waals surface area contributed by atoms with Crippen LogP contribution in [0.4, 0.5) is 0 Å². The third-order valence-corrected chi connectivity index (χ3v) is 6.88. The fourth-order valence-corrected chi connectivity index (χ4v) is 5.36. The molecule has 0 aromatic heterocycles. The first-order valence-electron chi connectivity index (χ1n) is 8.70. The first-order valence-corrected chi connectivity index (χ1v) is 8.70. The molecular formula is C20H30O. The molecule has 0 amide bonds. The minimum Gasteiger partial charge on any atom is -0.299 e. The highest BCUT2D eigenvalue weighted by molar-refractivity contribution is 5.85. The molecule has 0 radical (unpaired) electrons. The zero-order chi connectivity index (χ0) is 15.4. The maximum atomic E-state index is 12.4. The zero-order valence-corrected chi connectivity index (χ0v) is 14.3. The second-order valence-corrected chi connectivity index (χ2v) is 8.61. The van der Waals surface area contributed by atoms with Gasteiger partial charge in [-0.3, -0.25) is 4.79 Å². The van der Waals surface area contributed by atoms with Gasteiger partial charge in [-0.25, -0.2) is 0 Å². The molecule has 3 atom stereocenters. The molecule has 0 bridgehead atoms. The minimum atomic E-state index is -0.142.